The summed E-state index contributed by atoms with van der Waals surface area (Å²) in [5, 5.41) is 1.16. The van der Waals surface area contributed by atoms with E-state index in [0.717, 1.165) is 17.8 Å². The van der Waals surface area contributed by atoms with Gasteiger partial charge in [-0.05, 0) is 6.92 Å². The fourth-order valence-corrected chi connectivity index (χ4v) is 1.97. The zero-order valence-corrected chi connectivity index (χ0v) is 6.59. The Balaban J connectivity index is 2.50. The van der Waals surface area contributed by atoms with Crippen LogP contribution in [0.15, 0.2) is 0 Å². The van der Waals surface area contributed by atoms with E-state index in [1.807, 2.05) is 6.92 Å². The van der Waals surface area contributed by atoms with Gasteiger partial charge in [0.25, 0.3) is 0 Å². The molecular weight excluding hydrogens is 142 g/mol. The number of fused-ring (bicyclic) bond motifs is 1. The van der Waals surface area contributed by atoms with Crippen LogP contribution < -0.4 is 0 Å². The molecule has 1 aliphatic rings. The topological polar surface area (TPSA) is 12.9 Å². The van der Waals surface area contributed by atoms with Crippen LogP contribution in [-0.4, -0.2) is 4.98 Å². The molecule has 0 amide bonds. The lowest BCUT2D eigenvalue weighted by molar-refractivity contribution is 1.08. The van der Waals surface area contributed by atoms with Gasteiger partial charge in [-0.15, -0.1) is 11.3 Å². The average Bonchev–Trinajstić information content (AvgIpc) is 2.27. The predicted molar refractivity (Wildman–Crippen MR) is 42.0 cm³/mol. The maximum atomic E-state index is 4.37. The summed E-state index contributed by atoms with van der Waals surface area (Å²) in [6.07, 6.45) is 1.78. The van der Waals surface area contributed by atoms with Gasteiger partial charge < -0.3 is 0 Å². The number of hydrogen-bond acceptors (Lipinski definition) is 2. The van der Waals surface area contributed by atoms with Crippen LogP contribution in [0.3, 0.4) is 0 Å². The molecule has 0 aliphatic heterocycles. The minimum absolute atomic E-state index is 0.861. The quantitative estimate of drug-likeness (QED) is 0.510. The Morgan fingerprint density at radius 3 is 3.00 bits per heavy atom. The molecule has 1 aromatic rings. The molecule has 50 valence electrons. The number of aromatic nitrogens is 1. The maximum Gasteiger partial charge on any atom is 0.0900 e. The zero-order chi connectivity index (χ0) is 6.97. The second-order valence-electron chi connectivity index (χ2n) is 2.31. The molecule has 0 bridgehead atoms. The highest BCUT2D eigenvalue weighted by atomic mass is 32.1. The van der Waals surface area contributed by atoms with E-state index < -0.39 is 0 Å². The molecule has 0 unspecified atom stereocenters. The lowest BCUT2D eigenvalue weighted by Crippen LogP contribution is -1.92. The Kier molecular flexibility index (Phi) is 1.25. The van der Waals surface area contributed by atoms with Crippen LogP contribution in [0.25, 0.3) is 0 Å². The van der Waals surface area contributed by atoms with E-state index in [1.54, 1.807) is 11.3 Å². The SMILES string of the molecule is Cc1nc2c(s1)CC#CC2. The second-order valence-corrected chi connectivity index (χ2v) is 3.60. The largest absolute Gasteiger partial charge is 0.245 e. The molecule has 1 heterocycles. The van der Waals surface area contributed by atoms with Gasteiger partial charge in [0.05, 0.1) is 17.1 Å². The van der Waals surface area contributed by atoms with Crippen LogP contribution in [0.1, 0.15) is 15.6 Å². The van der Waals surface area contributed by atoms with Gasteiger partial charge >= 0.3 is 0 Å². The summed E-state index contributed by atoms with van der Waals surface area (Å²) in [6, 6.07) is 0. The zero-order valence-electron chi connectivity index (χ0n) is 5.77. The van der Waals surface area contributed by atoms with Gasteiger partial charge in [0.1, 0.15) is 0 Å². The molecule has 1 nitrogen and oxygen atoms in total. The maximum absolute atomic E-state index is 4.37. The number of thiazole rings is 1. The number of hydrogen-bond donors (Lipinski definition) is 0. The van der Waals surface area contributed by atoms with Crippen molar-refractivity contribution < 1.29 is 0 Å². The van der Waals surface area contributed by atoms with Crippen molar-refractivity contribution in [3.8, 4) is 11.8 Å². The molecular formula is C8H7NS. The van der Waals surface area contributed by atoms with Crippen LogP contribution in [0.4, 0.5) is 0 Å². The fourth-order valence-electron chi connectivity index (χ4n) is 1.08. The van der Waals surface area contributed by atoms with Crippen molar-refractivity contribution >= 4 is 11.3 Å². The first-order valence-electron chi connectivity index (χ1n) is 3.27. The molecule has 1 aliphatic carbocycles. The minimum atomic E-state index is 0.861. The third-order valence-corrected chi connectivity index (χ3v) is 2.53. The summed E-state index contributed by atoms with van der Waals surface area (Å²) in [6.45, 7) is 2.04. The predicted octanol–water partition coefficient (Wildman–Crippen LogP) is 1.55. The molecule has 1 aromatic heterocycles. The monoisotopic (exact) mass is 149 g/mol. The molecule has 0 spiro atoms. The highest BCUT2D eigenvalue weighted by Crippen LogP contribution is 2.20. The Morgan fingerprint density at radius 1 is 1.40 bits per heavy atom. The van der Waals surface area contributed by atoms with Crippen molar-refractivity contribution in [2.75, 3.05) is 0 Å². The Morgan fingerprint density at radius 2 is 2.20 bits per heavy atom. The molecule has 0 aromatic carbocycles. The van der Waals surface area contributed by atoms with Crippen molar-refractivity contribution in [2.45, 2.75) is 19.8 Å². The number of nitrogens with zero attached hydrogens (tertiary/aromatic N) is 1. The van der Waals surface area contributed by atoms with Gasteiger partial charge in [0, 0.05) is 11.3 Å². The van der Waals surface area contributed by atoms with E-state index in [-0.39, 0.29) is 0 Å². The first kappa shape index (κ1) is 5.94. The number of aryl methyl sites for hydroxylation is 1. The van der Waals surface area contributed by atoms with Crippen molar-refractivity contribution in [1.29, 1.82) is 0 Å². The summed E-state index contributed by atoms with van der Waals surface area (Å²) in [5.41, 5.74) is 1.21. The first-order valence-corrected chi connectivity index (χ1v) is 4.09. The van der Waals surface area contributed by atoms with Crippen LogP contribution in [-0.2, 0) is 12.8 Å². The molecule has 0 saturated carbocycles. The van der Waals surface area contributed by atoms with Gasteiger partial charge in [-0.1, -0.05) is 11.8 Å². The summed E-state index contributed by atoms with van der Waals surface area (Å²) in [4.78, 5) is 5.74. The van der Waals surface area contributed by atoms with Crippen LogP contribution in [0, 0.1) is 18.8 Å². The molecule has 2 heteroatoms. The summed E-state index contributed by atoms with van der Waals surface area (Å²) < 4.78 is 0. The van der Waals surface area contributed by atoms with Gasteiger partial charge in [0.2, 0.25) is 0 Å². The van der Waals surface area contributed by atoms with E-state index in [9.17, 15) is 0 Å². The van der Waals surface area contributed by atoms with Gasteiger partial charge in [-0.25, -0.2) is 4.98 Å². The summed E-state index contributed by atoms with van der Waals surface area (Å²) in [7, 11) is 0. The van der Waals surface area contributed by atoms with Gasteiger partial charge in [0.15, 0.2) is 0 Å². The van der Waals surface area contributed by atoms with Crippen molar-refractivity contribution in [1.82, 2.24) is 4.98 Å². The van der Waals surface area contributed by atoms with E-state index in [2.05, 4.69) is 16.8 Å². The van der Waals surface area contributed by atoms with E-state index >= 15 is 0 Å². The third kappa shape index (κ3) is 0.833. The lowest BCUT2D eigenvalue weighted by atomic mass is 10.2. The molecule has 0 saturated heterocycles. The smallest absolute Gasteiger partial charge is 0.0900 e. The highest BCUT2D eigenvalue weighted by Gasteiger charge is 2.08. The third-order valence-electron chi connectivity index (χ3n) is 1.51. The Hall–Kier alpha value is -0.810. The van der Waals surface area contributed by atoms with Crippen LogP contribution in [0.2, 0.25) is 0 Å². The van der Waals surface area contributed by atoms with Crippen LogP contribution >= 0.6 is 11.3 Å². The van der Waals surface area contributed by atoms with E-state index in [1.165, 1.54) is 10.6 Å². The fraction of sp³-hybridized carbons (Fsp3) is 0.375. The molecule has 10 heavy (non-hydrogen) atoms. The van der Waals surface area contributed by atoms with Crippen molar-refractivity contribution in [3.63, 3.8) is 0 Å². The summed E-state index contributed by atoms with van der Waals surface area (Å²) in [5.74, 6) is 6.12. The molecule has 0 N–H and O–H groups in total. The summed E-state index contributed by atoms with van der Waals surface area (Å²) >= 11 is 1.78. The first-order chi connectivity index (χ1) is 4.86. The van der Waals surface area contributed by atoms with Crippen molar-refractivity contribution in [3.05, 3.63) is 15.6 Å². The molecule has 0 fully saturated rings. The Bertz CT molecular complexity index is 286. The van der Waals surface area contributed by atoms with E-state index in [0.29, 0.717) is 0 Å². The normalized spacial score (nSPS) is 13.7. The molecule has 2 rings (SSSR count). The molecule has 0 atom stereocenters. The highest BCUT2D eigenvalue weighted by molar-refractivity contribution is 7.11. The van der Waals surface area contributed by atoms with Crippen molar-refractivity contribution in [2.24, 2.45) is 0 Å². The minimum Gasteiger partial charge on any atom is -0.245 e. The lowest BCUT2D eigenvalue weighted by Gasteiger charge is -1.95. The number of rotatable bonds is 0. The molecule has 0 radical (unpaired) electrons. The van der Waals surface area contributed by atoms with E-state index in [4.69, 9.17) is 0 Å². The standard InChI is InChI=1S/C8H7NS/c1-6-9-7-4-2-3-5-8(7)10-6/h4-5H2,1H3. The van der Waals surface area contributed by atoms with Gasteiger partial charge in [-0.3, -0.25) is 0 Å². The Labute approximate surface area is 64.1 Å². The average molecular weight is 149 g/mol. The van der Waals surface area contributed by atoms with Gasteiger partial charge in [-0.2, -0.15) is 0 Å². The second kappa shape index (κ2) is 2.10. The van der Waals surface area contributed by atoms with Crippen LogP contribution in [0.5, 0.6) is 0 Å².